The Labute approximate surface area is 76.1 Å². The molecule has 1 aromatic heterocycles. The maximum atomic E-state index is 4.25. The van der Waals surface area contributed by atoms with Crippen molar-refractivity contribution in [1.82, 2.24) is 14.9 Å². The van der Waals surface area contributed by atoms with Crippen LogP contribution in [0.1, 0.15) is 5.82 Å². The second kappa shape index (κ2) is 2.36. The normalized spacial score (nSPS) is 23.1. The molecule has 0 saturated heterocycles. The molecule has 0 bridgehead atoms. The maximum absolute atomic E-state index is 4.25. The van der Waals surface area contributed by atoms with E-state index in [1.54, 1.807) is 0 Å². The molecule has 2 aliphatic heterocycles. The minimum Gasteiger partial charge on any atom is -0.381 e. The highest BCUT2D eigenvalue weighted by molar-refractivity contribution is 5.60. The zero-order chi connectivity index (χ0) is 8.67. The summed E-state index contributed by atoms with van der Waals surface area (Å²) >= 11 is 0. The molecule has 3 heterocycles. The molecule has 0 aromatic carbocycles. The molecule has 1 unspecified atom stereocenters. The summed E-state index contributed by atoms with van der Waals surface area (Å²) in [4.78, 5) is 4.25. The van der Waals surface area contributed by atoms with Gasteiger partial charge >= 0.3 is 0 Å². The van der Waals surface area contributed by atoms with Crippen LogP contribution in [0.4, 0.5) is 0 Å². The molecule has 0 fully saturated rings. The Morgan fingerprint density at radius 1 is 1.46 bits per heavy atom. The standard InChI is InChI=1S/C10H9N3/c1-3-11-9-2-5-13-6-4-12-10(13)7-8(1)9/h1-7,9,11H. The highest BCUT2D eigenvalue weighted by atomic mass is 15.0. The molecule has 3 heteroatoms. The number of hydrogen-bond donors (Lipinski definition) is 1. The van der Waals surface area contributed by atoms with Gasteiger partial charge in [-0.3, -0.25) is 0 Å². The first kappa shape index (κ1) is 6.71. The zero-order valence-electron chi connectivity index (χ0n) is 7.01. The minimum absolute atomic E-state index is 0.321. The third-order valence-electron chi connectivity index (χ3n) is 2.34. The van der Waals surface area contributed by atoms with Gasteiger partial charge in [-0.05, 0) is 30.0 Å². The Morgan fingerprint density at radius 2 is 2.46 bits per heavy atom. The van der Waals surface area contributed by atoms with Crippen LogP contribution in [0.15, 0.2) is 36.3 Å². The van der Waals surface area contributed by atoms with Crippen molar-refractivity contribution in [1.29, 1.82) is 0 Å². The van der Waals surface area contributed by atoms with E-state index in [9.17, 15) is 0 Å². The molecule has 2 aliphatic rings. The fraction of sp³-hybridized carbons (Fsp3) is 0.100. The van der Waals surface area contributed by atoms with Crippen LogP contribution >= 0.6 is 0 Å². The van der Waals surface area contributed by atoms with Gasteiger partial charge in [0.2, 0.25) is 0 Å². The molecular formula is C10H9N3. The van der Waals surface area contributed by atoms with E-state index in [0.29, 0.717) is 6.04 Å². The SMILES string of the molecule is C1=CC2=Cc3nccn3C=CC2N1. The first-order valence-corrected chi connectivity index (χ1v) is 4.29. The third-order valence-corrected chi connectivity index (χ3v) is 2.34. The second-order valence-electron chi connectivity index (χ2n) is 3.16. The molecule has 64 valence electrons. The maximum Gasteiger partial charge on any atom is 0.136 e. The van der Waals surface area contributed by atoms with E-state index in [4.69, 9.17) is 0 Å². The van der Waals surface area contributed by atoms with Crippen LogP contribution in [0.5, 0.6) is 0 Å². The minimum atomic E-state index is 0.321. The smallest absolute Gasteiger partial charge is 0.136 e. The van der Waals surface area contributed by atoms with Crippen molar-refractivity contribution < 1.29 is 0 Å². The summed E-state index contributed by atoms with van der Waals surface area (Å²) < 4.78 is 2.01. The van der Waals surface area contributed by atoms with Gasteiger partial charge < -0.3 is 9.88 Å². The molecule has 0 spiro atoms. The van der Waals surface area contributed by atoms with Gasteiger partial charge in [0.15, 0.2) is 0 Å². The van der Waals surface area contributed by atoms with Gasteiger partial charge in [0.1, 0.15) is 5.82 Å². The van der Waals surface area contributed by atoms with Gasteiger partial charge in [-0.2, -0.15) is 0 Å². The van der Waals surface area contributed by atoms with E-state index in [2.05, 4.69) is 28.5 Å². The van der Waals surface area contributed by atoms with E-state index >= 15 is 0 Å². The Kier molecular flexibility index (Phi) is 1.22. The van der Waals surface area contributed by atoms with Crippen molar-refractivity contribution in [2.45, 2.75) is 6.04 Å². The van der Waals surface area contributed by atoms with Crippen LogP contribution in [0.2, 0.25) is 0 Å². The van der Waals surface area contributed by atoms with Gasteiger partial charge in [-0.25, -0.2) is 4.98 Å². The lowest BCUT2D eigenvalue weighted by Gasteiger charge is -2.04. The second-order valence-corrected chi connectivity index (χ2v) is 3.16. The van der Waals surface area contributed by atoms with Crippen LogP contribution in [0, 0.1) is 0 Å². The molecule has 0 aliphatic carbocycles. The van der Waals surface area contributed by atoms with Crippen LogP contribution in [0.25, 0.3) is 12.3 Å². The number of nitrogens with one attached hydrogen (secondary N) is 1. The number of nitrogens with zero attached hydrogens (tertiary/aromatic N) is 2. The molecular weight excluding hydrogens is 162 g/mol. The quantitative estimate of drug-likeness (QED) is 0.636. The van der Waals surface area contributed by atoms with Gasteiger partial charge in [-0.15, -0.1) is 0 Å². The topological polar surface area (TPSA) is 29.9 Å². The summed E-state index contributed by atoms with van der Waals surface area (Å²) in [5.74, 6) is 0.988. The molecule has 0 saturated carbocycles. The lowest BCUT2D eigenvalue weighted by atomic mass is 10.1. The lowest BCUT2D eigenvalue weighted by molar-refractivity contribution is 0.857. The third kappa shape index (κ3) is 0.935. The predicted molar refractivity (Wildman–Crippen MR) is 51.6 cm³/mol. The van der Waals surface area contributed by atoms with Crippen LogP contribution < -0.4 is 5.32 Å². The largest absolute Gasteiger partial charge is 0.381 e. The number of imidazole rings is 1. The summed E-state index contributed by atoms with van der Waals surface area (Å²) in [7, 11) is 0. The fourth-order valence-corrected chi connectivity index (χ4v) is 1.64. The van der Waals surface area contributed by atoms with Crippen molar-refractivity contribution >= 4 is 12.3 Å². The summed E-state index contributed by atoms with van der Waals surface area (Å²) in [5, 5.41) is 3.25. The number of hydrogen-bond acceptors (Lipinski definition) is 2. The summed E-state index contributed by atoms with van der Waals surface area (Å²) in [6.07, 6.45) is 14.1. The highest BCUT2D eigenvalue weighted by Gasteiger charge is 2.15. The van der Waals surface area contributed by atoms with Gasteiger partial charge in [0, 0.05) is 18.6 Å². The van der Waals surface area contributed by atoms with Crippen molar-refractivity contribution in [2.75, 3.05) is 0 Å². The van der Waals surface area contributed by atoms with Crippen molar-refractivity contribution in [3.63, 3.8) is 0 Å². The summed E-state index contributed by atoms with van der Waals surface area (Å²) in [5.41, 5.74) is 1.27. The van der Waals surface area contributed by atoms with Crippen LogP contribution in [0.3, 0.4) is 0 Å². The molecule has 0 radical (unpaired) electrons. The van der Waals surface area contributed by atoms with Crippen LogP contribution in [-0.4, -0.2) is 15.6 Å². The number of fused-ring (bicyclic) bond motifs is 2. The van der Waals surface area contributed by atoms with E-state index < -0.39 is 0 Å². The summed E-state index contributed by atoms with van der Waals surface area (Å²) in [6.45, 7) is 0. The number of rotatable bonds is 0. The monoisotopic (exact) mass is 171 g/mol. The van der Waals surface area contributed by atoms with E-state index in [-0.39, 0.29) is 0 Å². The first-order chi connectivity index (χ1) is 6.43. The molecule has 0 amide bonds. The molecule has 13 heavy (non-hydrogen) atoms. The zero-order valence-corrected chi connectivity index (χ0v) is 7.01. The first-order valence-electron chi connectivity index (χ1n) is 4.29. The van der Waals surface area contributed by atoms with E-state index in [0.717, 1.165) is 5.82 Å². The molecule has 1 aromatic rings. The average Bonchev–Trinajstić information content (AvgIpc) is 2.72. The molecule has 3 rings (SSSR count). The summed E-state index contributed by atoms with van der Waals surface area (Å²) in [6, 6.07) is 0.321. The van der Waals surface area contributed by atoms with Crippen molar-refractivity contribution in [3.05, 3.63) is 42.1 Å². The van der Waals surface area contributed by atoms with Gasteiger partial charge in [-0.1, -0.05) is 0 Å². The van der Waals surface area contributed by atoms with Gasteiger partial charge in [0.25, 0.3) is 0 Å². The van der Waals surface area contributed by atoms with Crippen LogP contribution in [-0.2, 0) is 0 Å². The average molecular weight is 171 g/mol. The Balaban J connectivity index is 2.18. The number of aromatic nitrogens is 2. The predicted octanol–water partition coefficient (Wildman–Crippen LogP) is 1.24. The molecule has 3 nitrogen and oxygen atoms in total. The fourth-order valence-electron chi connectivity index (χ4n) is 1.64. The molecule has 1 N–H and O–H groups in total. The molecule has 1 atom stereocenters. The van der Waals surface area contributed by atoms with Gasteiger partial charge in [0.05, 0.1) is 6.04 Å². The Hall–Kier alpha value is -1.77. The van der Waals surface area contributed by atoms with E-state index in [1.165, 1.54) is 5.57 Å². The van der Waals surface area contributed by atoms with Crippen molar-refractivity contribution in [2.24, 2.45) is 0 Å². The highest BCUT2D eigenvalue weighted by Crippen LogP contribution is 2.19. The Morgan fingerprint density at radius 3 is 3.46 bits per heavy atom. The lowest BCUT2D eigenvalue weighted by Crippen LogP contribution is -2.17. The van der Waals surface area contributed by atoms with Crippen molar-refractivity contribution in [3.8, 4) is 0 Å². The van der Waals surface area contributed by atoms with E-state index in [1.807, 2.05) is 29.4 Å². The Bertz CT molecular complexity index is 423.